The summed E-state index contributed by atoms with van der Waals surface area (Å²) in [7, 11) is 0. The van der Waals surface area contributed by atoms with Gasteiger partial charge in [0.05, 0.1) is 6.07 Å². The number of hydrogen-bond donors (Lipinski definition) is 3. The van der Waals surface area contributed by atoms with E-state index < -0.39 is 5.54 Å². The Hall–Kier alpha value is -2.10. The van der Waals surface area contributed by atoms with Gasteiger partial charge < -0.3 is 19.9 Å². The monoisotopic (exact) mass is 360 g/mol. The van der Waals surface area contributed by atoms with Gasteiger partial charge in [0, 0.05) is 0 Å². The molecule has 1 aromatic rings. The standard InChI is InChI=1S/C20H30N4O2/c1-17(2)20(3,16-21)22-19(25)15-24-11-9-23(10-12-24)13-14-26-18-7-5-4-6-8-18/h4-8,17H,9-15H2,1-3H3,(H,22,25)/p+2/t20-/m0/s1. The van der Waals surface area contributed by atoms with Gasteiger partial charge in [-0.05, 0) is 25.0 Å². The molecule has 0 radical (unpaired) electrons. The highest BCUT2D eigenvalue weighted by Crippen LogP contribution is 2.14. The molecule has 26 heavy (non-hydrogen) atoms. The summed E-state index contributed by atoms with van der Waals surface area (Å²) in [5.41, 5.74) is -0.793. The van der Waals surface area contributed by atoms with Crippen LogP contribution in [0.1, 0.15) is 20.8 Å². The Morgan fingerprint density at radius 2 is 1.85 bits per heavy atom. The molecule has 1 amide bonds. The lowest BCUT2D eigenvalue weighted by molar-refractivity contribution is -1.01. The van der Waals surface area contributed by atoms with Crippen molar-refractivity contribution in [1.29, 1.82) is 5.26 Å². The van der Waals surface area contributed by atoms with Crippen LogP contribution in [0.15, 0.2) is 30.3 Å². The molecule has 0 aromatic heterocycles. The fourth-order valence-corrected chi connectivity index (χ4v) is 3.08. The van der Waals surface area contributed by atoms with Gasteiger partial charge in [0.25, 0.3) is 5.91 Å². The van der Waals surface area contributed by atoms with Gasteiger partial charge in [-0.3, -0.25) is 4.79 Å². The Morgan fingerprint density at radius 3 is 2.42 bits per heavy atom. The lowest BCUT2D eigenvalue weighted by atomic mass is 9.90. The van der Waals surface area contributed by atoms with Crippen LogP contribution >= 0.6 is 0 Å². The van der Waals surface area contributed by atoms with Crippen molar-refractivity contribution in [2.75, 3.05) is 45.9 Å². The van der Waals surface area contributed by atoms with Gasteiger partial charge in [0.1, 0.15) is 50.6 Å². The number of quaternary nitrogens is 2. The van der Waals surface area contributed by atoms with Crippen molar-refractivity contribution in [3.05, 3.63) is 30.3 Å². The summed E-state index contributed by atoms with van der Waals surface area (Å²) >= 11 is 0. The molecule has 0 saturated carbocycles. The zero-order valence-corrected chi connectivity index (χ0v) is 16.2. The number of benzene rings is 1. The second-order valence-corrected chi connectivity index (χ2v) is 7.61. The highest BCUT2D eigenvalue weighted by Gasteiger charge is 2.32. The first-order valence-electron chi connectivity index (χ1n) is 9.50. The maximum absolute atomic E-state index is 12.3. The Bertz CT molecular complexity index is 606. The normalized spacial score (nSPS) is 22.3. The van der Waals surface area contributed by atoms with Crippen LogP contribution in [0, 0.1) is 17.2 Å². The molecule has 6 heteroatoms. The zero-order chi connectivity index (χ0) is 19.0. The number of piperazine rings is 1. The van der Waals surface area contributed by atoms with E-state index >= 15 is 0 Å². The molecule has 1 aliphatic rings. The second-order valence-electron chi connectivity index (χ2n) is 7.61. The summed E-state index contributed by atoms with van der Waals surface area (Å²) in [6, 6.07) is 12.1. The number of carbonyl (C=O) groups is 1. The Labute approximate surface area is 156 Å². The molecule has 1 aliphatic heterocycles. The number of carbonyl (C=O) groups excluding carboxylic acids is 1. The molecule has 142 valence electrons. The maximum Gasteiger partial charge on any atom is 0.276 e. The molecular weight excluding hydrogens is 328 g/mol. The van der Waals surface area contributed by atoms with Crippen LogP contribution in [-0.2, 0) is 4.79 Å². The molecule has 0 spiro atoms. The highest BCUT2D eigenvalue weighted by atomic mass is 16.5. The van der Waals surface area contributed by atoms with Gasteiger partial charge in [-0.15, -0.1) is 0 Å². The first-order chi connectivity index (χ1) is 12.4. The number of nitrogens with one attached hydrogen (secondary N) is 3. The van der Waals surface area contributed by atoms with Crippen molar-refractivity contribution in [1.82, 2.24) is 5.32 Å². The third-order valence-electron chi connectivity index (χ3n) is 5.33. The van der Waals surface area contributed by atoms with Gasteiger partial charge in [-0.1, -0.05) is 32.0 Å². The van der Waals surface area contributed by atoms with E-state index in [0.717, 1.165) is 38.5 Å². The summed E-state index contributed by atoms with van der Waals surface area (Å²) in [4.78, 5) is 15.1. The number of amides is 1. The van der Waals surface area contributed by atoms with E-state index in [-0.39, 0.29) is 11.8 Å². The Balaban J connectivity index is 1.66. The van der Waals surface area contributed by atoms with Gasteiger partial charge in [-0.25, -0.2) is 0 Å². The topological polar surface area (TPSA) is 71.0 Å². The third kappa shape index (κ3) is 6.01. The van der Waals surface area contributed by atoms with Gasteiger partial charge in [-0.2, -0.15) is 5.26 Å². The van der Waals surface area contributed by atoms with E-state index in [1.165, 1.54) is 9.80 Å². The molecule has 1 saturated heterocycles. The predicted molar refractivity (Wildman–Crippen MR) is 100 cm³/mol. The number of nitriles is 1. The molecule has 6 nitrogen and oxygen atoms in total. The molecule has 1 aromatic carbocycles. The minimum absolute atomic E-state index is 0.0337. The summed E-state index contributed by atoms with van der Waals surface area (Å²) in [5, 5.41) is 12.2. The Kier molecular flexibility index (Phi) is 7.43. The van der Waals surface area contributed by atoms with Crippen molar-refractivity contribution in [3.8, 4) is 11.8 Å². The third-order valence-corrected chi connectivity index (χ3v) is 5.33. The predicted octanol–water partition coefficient (Wildman–Crippen LogP) is -1.10. The van der Waals surface area contributed by atoms with E-state index in [1.54, 1.807) is 6.92 Å². The SMILES string of the molecule is CC(C)[C@](C)(C#N)NC(=O)C[NH+]1CC[NH+](CCOc2ccccc2)CC1. The van der Waals surface area contributed by atoms with E-state index in [0.29, 0.717) is 13.2 Å². The van der Waals surface area contributed by atoms with E-state index in [2.05, 4.69) is 11.4 Å². The first kappa shape index (κ1) is 20.2. The minimum atomic E-state index is -0.793. The highest BCUT2D eigenvalue weighted by molar-refractivity contribution is 5.78. The van der Waals surface area contributed by atoms with Crippen LogP contribution < -0.4 is 19.9 Å². The molecule has 2 rings (SSSR count). The number of hydrogen-bond acceptors (Lipinski definition) is 3. The van der Waals surface area contributed by atoms with Gasteiger partial charge in [0.15, 0.2) is 6.54 Å². The summed E-state index contributed by atoms with van der Waals surface area (Å²) < 4.78 is 5.77. The number of nitrogens with zero attached hydrogens (tertiary/aromatic N) is 1. The van der Waals surface area contributed by atoms with Crippen molar-refractivity contribution in [2.45, 2.75) is 26.3 Å². The van der Waals surface area contributed by atoms with Crippen molar-refractivity contribution in [3.63, 3.8) is 0 Å². The van der Waals surface area contributed by atoms with Crippen molar-refractivity contribution < 1.29 is 19.3 Å². The van der Waals surface area contributed by atoms with Crippen LogP contribution in [0.2, 0.25) is 0 Å². The molecule has 1 heterocycles. The summed E-state index contributed by atoms with van der Waals surface area (Å²) in [5.74, 6) is 0.962. The van der Waals surface area contributed by atoms with Crippen LogP contribution in [0.3, 0.4) is 0 Å². The van der Waals surface area contributed by atoms with E-state index in [9.17, 15) is 10.1 Å². The quantitative estimate of drug-likeness (QED) is 0.551. The smallest absolute Gasteiger partial charge is 0.276 e. The molecule has 0 aliphatic carbocycles. The van der Waals surface area contributed by atoms with E-state index in [1.807, 2.05) is 44.2 Å². The molecule has 0 unspecified atom stereocenters. The lowest BCUT2D eigenvalue weighted by Crippen LogP contribution is -3.28. The molecule has 3 N–H and O–H groups in total. The largest absolute Gasteiger partial charge is 0.488 e. The van der Waals surface area contributed by atoms with Gasteiger partial charge in [0.2, 0.25) is 0 Å². The fourth-order valence-electron chi connectivity index (χ4n) is 3.08. The fraction of sp³-hybridized carbons (Fsp3) is 0.600. The average molecular weight is 361 g/mol. The lowest BCUT2D eigenvalue weighted by Gasteiger charge is -2.31. The van der Waals surface area contributed by atoms with E-state index in [4.69, 9.17) is 4.74 Å². The summed E-state index contributed by atoms with van der Waals surface area (Å²) in [6.07, 6.45) is 0. The second kappa shape index (κ2) is 9.56. The number of rotatable bonds is 8. The average Bonchev–Trinajstić information content (AvgIpc) is 2.63. The molecular formula is C20H32N4O2+2. The molecule has 1 atom stereocenters. The van der Waals surface area contributed by atoms with Crippen LogP contribution in [-0.4, -0.2) is 57.3 Å². The van der Waals surface area contributed by atoms with Crippen LogP contribution in [0.4, 0.5) is 0 Å². The maximum atomic E-state index is 12.3. The van der Waals surface area contributed by atoms with Crippen LogP contribution in [0.25, 0.3) is 0 Å². The first-order valence-corrected chi connectivity index (χ1v) is 9.50. The number of para-hydroxylation sites is 1. The minimum Gasteiger partial charge on any atom is -0.488 e. The number of ether oxygens (including phenoxy) is 1. The van der Waals surface area contributed by atoms with Crippen molar-refractivity contribution >= 4 is 5.91 Å². The van der Waals surface area contributed by atoms with Gasteiger partial charge >= 0.3 is 0 Å². The molecule has 0 bridgehead atoms. The Morgan fingerprint density at radius 1 is 1.23 bits per heavy atom. The van der Waals surface area contributed by atoms with Crippen molar-refractivity contribution in [2.24, 2.45) is 5.92 Å². The molecule has 1 fully saturated rings. The zero-order valence-electron chi connectivity index (χ0n) is 16.2. The van der Waals surface area contributed by atoms with Crippen LogP contribution in [0.5, 0.6) is 5.75 Å². The summed E-state index contributed by atoms with van der Waals surface area (Å²) in [6.45, 7) is 11.9.